The summed E-state index contributed by atoms with van der Waals surface area (Å²) in [4.78, 5) is 14.9. The lowest BCUT2D eigenvalue weighted by Crippen LogP contribution is -2.51. The van der Waals surface area contributed by atoms with Crippen LogP contribution in [0.2, 0.25) is 0 Å². The van der Waals surface area contributed by atoms with Crippen molar-refractivity contribution in [3.63, 3.8) is 0 Å². The lowest BCUT2D eigenvalue weighted by Gasteiger charge is -2.37. The van der Waals surface area contributed by atoms with E-state index in [4.69, 9.17) is 4.74 Å². The third kappa shape index (κ3) is 5.32. The molecular formula is C17H30N4O2. The number of carbonyl (C=O) groups is 1. The molecule has 1 aromatic heterocycles. The van der Waals surface area contributed by atoms with E-state index in [2.05, 4.69) is 22.2 Å². The topological polar surface area (TPSA) is 59.4 Å². The average Bonchev–Trinajstić information content (AvgIpc) is 3.07. The molecule has 6 nitrogen and oxygen atoms in total. The minimum Gasteiger partial charge on any atom is -0.382 e. The van der Waals surface area contributed by atoms with Crippen LogP contribution in [0.15, 0.2) is 18.5 Å². The largest absolute Gasteiger partial charge is 0.382 e. The number of nitrogens with one attached hydrogen (secondary N) is 1. The first kappa shape index (κ1) is 17.9. The molecule has 0 saturated carbocycles. The van der Waals surface area contributed by atoms with Gasteiger partial charge in [0, 0.05) is 51.3 Å². The Morgan fingerprint density at radius 2 is 2.35 bits per heavy atom. The summed E-state index contributed by atoms with van der Waals surface area (Å²) in [6.07, 6.45) is 5.61. The second-order valence-electron chi connectivity index (χ2n) is 6.39. The van der Waals surface area contributed by atoms with E-state index in [1.54, 1.807) is 10.9 Å². The maximum absolute atomic E-state index is 12.4. The van der Waals surface area contributed by atoms with Crippen molar-refractivity contribution in [2.75, 3.05) is 32.8 Å². The summed E-state index contributed by atoms with van der Waals surface area (Å²) < 4.78 is 7.09. The van der Waals surface area contributed by atoms with Gasteiger partial charge < -0.3 is 15.0 Å². The Labute approximate surface area is 139 Å². The number of amides is 1. The number of hydrogen-bond acceptors (Lipinski definition) is 4. The van der Waals surface area contributed by atoms with E-state index in [0.717, 1.165) is 45.7 Å². The van der Waals surface area contributed by atoms with Crippen LogP contribution in [0, 0.1) is 5.92 Å². The Hall–Kier alpha value is -1.40. The Kier molecular flexibility index (Phi) is 7.05. The normalized spacial score (nSPS) is 23.6. The predicted octanol–water partition coefficient (Wildman–Crippen LogP) is 1.70. The molecule has 0 spiro atoms. The number of hydrogen-bond donors (Lipinski definition) is 1. The standard InChI is InChI=1S/C17H30N4O2/c1-4-23-12-6-9-20-11-7-16(14(2)13-20)19-17(22)15(3)21-10-5-8-18-21/h5,8,10,14-16H,4,6-7,9,11-13H2,1-3H3,(H,19,22)/t14-,15-,16-/m0/s1. The zero-order valence-electron chi connectivity index (χ0n) is 14.6. The van der Waals surface area contributed by atoms with E-state index < -0.39 is 0 Å². The van der Waals surface area contributed by atoms with Gasteiger partial charge in [-0.05, 0) is 38.7 Å². The average molecular weight is 322 g/mol. The van der Waals surface area contributed by atoms with Crippen molar-refractivity contribution in [3.8, 4) is 0 Å². The van der Waals surface area contributed by atoms with Crippen LogP contribution >= 0.6 is 0 Å². The SMILES string of the molecule is CCOCCCN1CC[C@H](NC(=O)[C@H](C)n2cccn2)[C@@H](C)C1. The van der Waals surface area contributed by atoms with E-state index in [1.165, 1.54) is 0 Å². The Balaban J connectivity index is 1.74. The van der Waals surface area contributed by atoms with Crippen LogP contribution in [0.25, 0.3) is 0 Å². The van der Waals surface area contributed by atoms with E-state index in [1.807, 2.05) is 26.1 Å². The van der Waals surface area contributed by atoms with Gasteiger partial charge in [-0.3, -0.25) is 9.48 Å². The maximum atomic E-state index is 12.4. The molecule has 1 aliphatic heterocycles. The van der Waals surface area contributed by atoms with E-state index in [0.29, 0.717) is 5.92 Å². The minimum absolute atomic E-state index is 0.0512. The molecule has 3 atom stereocenters. The molecule has 0 aromatic carbocycles. The van der Waals surface area contributed by atoms with Gasteiger partial charge in [0.25, 0.3) is 0 Å². The lowest BCUT2D eigenvalue weighted by molar-refractivity contribution is -0.125. The van der Waals surface area contributed by atoms with Gasteiger partial charge >= 0.3 is 0 Å². The van der Waals surface area contributed by atoms with E-state index in [-0.39, 0.29) is 18.0 Å². The number of carbonyl (C=O) groups excluding carboxylic acids is 1. The van der Waals surface area contributed by atoms with Crippen LogP contribution in [0.5, 0.6) is 0 Å². The first-order chi connectivity index (χ1) is 11.1. The molecule has 2 rings (SSSR count). The summed E-state index contributed by atoms with van der Waals surface area (Å²) >= 11 is 0. The Morgan fingerprint density at radius 3 is 3.00 bits per heavy atom. The Morgan fingerprint density at radius 1 is 1.52 bits per heavy atom. The number of aromatic nitrogens is 2. The number of ether oxygens (including phenoxy) is 1. The molecule has 130 valence electrons. The van der Waals surface area contributed by atoms with Gasteiger partial charge in [-0.2, -0.15) is 5.10 Å². The highest BCUT2D eigenvalue weighted by atomic mass is 16.5. The van der Waals surface area contributed by atoms with Crippen LogP contribution in [0.3, 0.4) is 0 Å². The van der Waals surface area contributed by atoms with Crippen molar-refractivity contribution in [2.45, 2.75) is 45.7 Å². The van der Waals surface area contributed by atoms with Crippen LogP contribution < -0.4 is 5.32 Å². The quantitative estimate of drug-likeness (QED) is 0.740. The van der Waals surface area contributed by atoms with E-state index in [9.17, 15) is 4.79 Å². The third-order valence-corrected chi connectivity index (χ3v) is 4.59. The van der Waals surface area contributed by atoms with Crippen molar-refractivity contribution in [1.29, 1.82) is 0 Å². The lowest BCUT2D eigenvalue weighted by atomic mass is 9.93. The molecule has 23 heavy (non-hydrogen) atoms. The molecule has 1 amide bonds. The second-order valence-corrected chi connectivity index (χ2v) is 6.39. The highest BCUT2D eigenvalue weighted by Gasteiger charge is 2.28. The second kappa shape index (κ2) is 9.03. The summed E-state index contributed by atoms with van der Waals surface area (Å²) in [5, 5.41) is 7.35. The minimum atomic E-state index is -0.263. The van der Waals surface area contributed by atoms with Crippen molar-refractivity contribution >= 4 is 5.91 Å². The van der Waals surface area contributed by atoms with Crippen LogP contribution in [0.4, 0.5) is 0 Å². The van der Waals surface area contributed by atoms with Gasteiger partial charge in [0.2, 0.25) is 5.91 Å². The van der Waals surface area contributed by atoms with Crippen LogP contribution in [-0.2, 0) is 9.53 Å². The zero-order chi connectivity index (χ0) is 16.7. The van der Waals surface area contributed by atoms with Crippen molar-refractivity contribution in [1.82, 2.24) is 20.0 Å². The van der Waals surface area contributed by atoms with Gasteiger partial charge in [0.15, 0.2) is 0 Å². The number of rotatable bonds is 8. The maximum Gasteiger partial charge on any atom is 0.244 e. The summed E-state index contributed by atoms with van der Waals surface area (Å²) in [5.74, 6) is 0.514. The van der Waals surface area contributed by atoms with Gasteiger partial charge in [0.05, 0.1) is 0 Å². The summed E-state index contributed by atoms with van der Waals surface area (Å²) in [6, 6.07) is 1.83. The number of nitrogens with zero attached hydrogens (tertiary/aromatic N) is 3. The molecule has 1 fully saturated rings. The molecule has 1 aromatic rings. The highest BCUT2D eigenvalue weighted by molar-refractivity contribution is 5.80. The fourth-order valence-corrected chi connectivity index (χ4v) is 3.12. The molecule has 0 bridgehead atoms. The molecular weight excluding hydrogens is 292 g/mol. The first-order valence-corrected chi connectivity index (χ1v) is 8.71. The molecule has 1 saturated heterocycles. The first-order valence-electron chi connectivity index (χ1n) is 8.71. The van der Waals surface area contributed by atoms with Crippen LogP contribution in [0.1, 0.15) is 39.7 Å². The molecule has 6 heteroatoms. The van der Waals surface area contributed by atoms with Crippen molar-refractivity contribution in [3.05, 3.63) is 18.5 Å². The molecule has 2 heterocycles. The fraction of sp³-hybridized carbons (Fsp3) is 0.765. The molecule has 0 aliphatic carbocycles. The van der Waals surface area contributed by atoms with Gasteiger partial charge in [0.1, 0.15) is 6.04 Å². The molecule has 1 N–H and O–H groups in total. The molecule has 0 unspecified atom stereocenters. The van der Waals surface area contributed by atoms with Crippen molar-refractivity contribution < 1.29 is 9.53 Å². The van der Waals surface area contributed by atoms with E-state index >= 15 is 0 Å². The summed E-state index contributed by atoms with van der Waals surface area (Å²) in [5.41, 5.74) is 0. The number of likely N-dealkylation sites (tertiary alicyclic amines) is 1. The van der Waals surface area contributed by atoms with Gasteiger partial charge in [-0.1, -0.05) is 6.92 Å². The highest BCUT2D eigenvalue weighted by Crippen LogP contribution is 2.18. The zero-order valence-corrected chi connectivity index (χ0v) is 14.6. The van der Waals surface area contributed by atoms with Gasteiger partial charge in [-0.25, -0.2) is 0 Å². The predicted molar refractivity (Wildman–Crippen MR) is 90.2 cm³/mol. The van der Waals surface area contributed by atoms with Crippen LogP contribution in [-0.4, -0.2) is 59.5 Å². The van der Waals surface area contributed by atoms with Crippen molar-refractivity contribution in [2.24, 2.45) is 5.92 Å². The smallest absolute Gasteiger partial charge is 0.244 e. The fourth-order valence-electron chi connectivity index (χ4n) is 3.12. The molecule has 0 radical (unpaired) electrons. The summed E-state index contributed by atoms with van der Waals surface area (Å²) in [7, 11) is 0. The Bertz CT molecular complexity index is 463. The van der Waals surface area contributed by atoms with Gasteiger partial charge in [-0.15, -0.1) is 0 Å². The number of piperidine rings is 1. The summed E-state index contributed by atoms with van der Waals surface area (Å²) in [6.45, 7) is 10.9. The third-order valence-electron chi connectivity index (χ3n) is 4.59. The monoisotopic (exact) mass is 322 g/mol. The molecule has 1 aliphatic rings.